The Bertz CT molecular complexity index is 652. The van der Waals surface area contributed by atoms with Gasteiger partial charge in [0.15, 0.2) is 0 Å². The van der Waals surface area contributed by atoms with Gasteiger partial charge in [-0.3, -0.25) is 4.79 Å². The maximum absolute atomic E-state index is 11.8. The molecule has 0 aliphatic carbocycles. The van der Waals surface area contributed by atoms with Crippen LogP contribution in [0.1, 0.15) is 25.3 Å². The highest BCUT2D eigenvalue weighted by Crippen LogP contribution is 2.06. The lowest BCUT2D eigenvalue weighted by atomic mass is 10.2. The number of benzene rings is 1. The highest BCUT2D eigenvalue weighted by Gasteiger charge is 2.07. The Morgan fingerprint density at radius 3 is 2.71 bits per heavy atom. The van der Waals surface area contributed by atoms with Crippen LogP contribution >= 0.6 is 0 Å². The first-order valence-corrected chi connectivity index (χ1v) is 6.65. The molecule has 2 aromatic rings. The quantitative estimate of drug-likeness (QED) is 0.807. The summed E-state index contributed by atoms with van der Waals surface area (Å²) in [5.74, 6) is -0.286. The predicted molar refractivity (Wildman–Crippen MR) is 75.8 cm³/mol. The number of carbonyl (C=O) groups excluding carboxylic acids is 1. The van der Waals surface area contributed by atoms with Gasteiger partial charge in [-0.05, 0) is 12.0 Å². The fourth-order valence-corrected chi connectivity index (χ4v) is 1.61. The SMILES string of the molecule is CCCC(=O)On1cnc(OCc2ccccc2)cc1=O. The van der Waals surface area contributed by atoms with Gasteiger partial charge in [-0.2, -0.15) is 4.98 Å². The largest absolute Gasteiger partial charge is 0.473 e. The van der Waals surface area contributed by atoms with Crippen molar-refractivity contribution in [2.24, 2.45) is 0 Å². The molecule has 0 radical (unpaired) electrons. The maximum atomic E-state index is 11.8. The average molecular weight is 288 g/mol. The first-order valence-electron chi connectivity index (χ1n) is 6.65. The molecule has 0 aliphatic heterocycles. The molecule has 110 valence electrons. The Kier molecular flexibility index (Phi) is 5.09. The second-order valence-electron chi connectivity index (χ2n) is 4.38. The second-order valence-corrected chi connectivity index (χ2v) is 4.38. The summed E-state index contributed by atoms with van der Waals surface area (Å²) in [7, 11) is 0. The standard InChI is InChI=1S/C15H16N2O4/c1-2-6-15(19)21-17-11-16-13(9-14(17)18)20-10-12-7-4-3-5-8-12/h3-5,7-9,11H,2,6,10H2,1H3. The molecule has 1 heterocycles. The number of aromatic nitrogens is 2. The van der Waals surface area contributed by atoms with E-state index in [4.69, 9.17) is 9.57 Å². The first-order chi connectivity index (χ1) is 10.2. The van der Waals surface area contributed by atoms with E-state index in [0.717, 1.165) is 16.6 Å². The second kappa shape index (κ2) is 7.23. The zero-order chi connectivity index (χ0) is 15.1. The number of hydrogen-bond donors (Lipinski definition) is 0. The minimum absolute atomic E-state index is 0.187. The lowest BCUT2D eigenvalue weighted by molar-refractivity contribution is -0.144. The molecule has 0 aliphatic rings. The number of nitrogens with zero attached hydrogens (tertiary/aromatic N) is 2. The zero-order valence-electron chi connectivity index (χ0n) is 11.7. The van der Waals surface area contributed by atoms with Gasteiger partial charge in [-0.15, -0.1) is 4.73 Å². The van der Waals surface area contributed by atoms with E-state index in [1.807, 2.05) is 37.3 Å². The van der Waals surface area contributed by atoms with E-state index in [-0.39, 0.29) is 12.3 Å². The Labute approximate surface area is 121 Å². The molecule has 1 aromatic carbocycles. The fourth-order valence-electron chi connectivity index (χ4n) is 1.61. The summed E-state index contributed by atoms with van der Waals surface area (Å²) in [5.41, 5.74) is 0.468. The summed E-state index contributed by atoms with van der Waals surface area (Å²) in [6.45, 7) is 2.16. The van der Waals surface area contributed by atoms with E-state index in [0.29, 0.717) is 13.0 Å². The number of rotatable bonds is 6. The van der Waals surface area contributed by atoms with Crippen molar-refractivity contribution in [2.75, 3.05) is 0 Å². The average Bonchev–Trinajstić information content (AvgIpc) is 2.49. The van der Waals surface area contributed by atoms with Crippen LogP contribution in [0.15, 0.2) is 47.5 Å². The van der Waals surface area contributed by atoms with Crippen LogP contribution in [0, 0.1) is 0 Å². The van der Waals surface area contributed by atoms with Crippen LogP contribution in [0.4, 0.5) is 0 Å². The third kappa shape index (κ3) is 4.45. The molecule has 0 spiro atoms. The third-order valence-corrected chi connectivity index (χ3v) is 2.64. The number of hydrogen-bond acceptors (Lipinski definition) is 5. The maximum Gasteiger partial charge on any atom is 0.333 e. The van der Waals surface area contributed by atoms with E-state index in [2.05, 4.69) is 4.98 Å². The van der Waals surface area contributed by atoms with Crippen molar-refractivity contribution >= 4 is 5.97 Å². The smallest absolute Gasteiger partial charge is 0.333 e. The Hall–Kier alpha value is -2.63. The first kappa shape index (κ1) is 14.8. The van der Waals surface area contributed by atoms with Gasteiger partial charge in [0.1, 0.15) is 12.9 Å². The summed E-state index contributed by atoms with van der Waals surface area (Å²) in [6.07, 6.45) is 2.04. The normalized spacial score (nSPS) is 10.1. The van der Waals surface area contributed by atoms with E-state index in [1.165, 1.54) is 6.07 Å². The summed E-state index contributed by atoms with van der Waals surface area (Å²) >= 11 is 0. The highest BCUT2D eigenvalue weighted by atomic mass is 16.7. The lowest BCUT2D eigenvalue weighted by Crippen LogP contribution is -2.30. The van der Waals surface area contributed by atoms with E-state index >= 15 is 0 Å². The zero-order valence-corrected chi connectivity index (χ0v) is 11.7. The van der Waals surface area contributed by atoms with Gasteiger partial charge in [-0.25, -0.2) is 4.79 Å². The third-order valence-electron chi connectivity index (χ3n) is 2.64. The Morgan fingerprint density at radius 1 is 1.29 bits per heavy atom. The molecule has 0 fully saturated rings. The lowest BCUT2D eigenvalue weighted by Gasteiger charge is -2.07. The molecule has 6 heteroatoms. The van der Waals surface area contributed by atoms with Gasteiger partial charge in [0, 0.05) is 6.42 Å². The Balaban J connectivity index is 1.99. The summed E-state index contributed by atoms with van der Waals surface area (Å²) < 4.78 is 6.21. The molecule has 0 saturated heterocycles. The predicted octanol–water partition coefficient (Wildman–Crippen LogP) is 1.58. The molecule has 2 rings (SSSR count). The molecule has 0 bridgehead atoms. The molecular formula is C15H16N2O4. The van der Waals surface area contributed by atoms with Crippen LogP contribution in [-0.2, 0) is 11.4 Å². The van der Waals surface area contributed by atoms with Gasteiger partial charge in [-0.1, -0.05) is 37.3 Å². The molecule has 1 aromatic heterocycles. The van der Waals surface area contributed by atoms with E-state index in [1.54, 1.807) is 0 Å². The molecule has 0 amide bonds. The monoisotopic (exact) mass is 288 g/mol. The topological polar surface area (TPSA) is 70.4 Å². The highest BCUT2D eigenvalue weighted by molar-refractivity contribution is 5.69. The molecule has 0 N–H and O–H groups in total. The van der Waals surface area contributed by atoms with Crippen LogP contribution in [-0.4, -0.2) is 15.7 Å². The molecular weight excluding hydrogens is 272 g/mol. The van der Waals surface area contributed by atoms with Crippen molar-refractivity contribution < 1.29 is 14.4 Å². The van der Waals surface area contributed by atoms with E-state index in [9.17, 15) is 9.59 Å². The molecule has 6 nitrogen and oxygen atoms in total. The van der Waals surface area contributed by atoms with Crippen LogP contribution in [0.5, 0.6) is 5.88 Å². The molecule has 0 unspecified atom stereocenters. The summed E-state index contributed by atoms with van der Waals surface area (Å²) in [5, 5.41) is 0. The minimum atomic E-state index is -0.502. The van der Waals surface area contributed by atoms with Crippen LogP contribution < -0.4 is 15.1 Å². The number of ether oxygens (including phenoxy) is 1. The van der Waals surface area contributed by atoms with Crippen molar-refractivity contribution in [1.82, 2.24) is 9.71 Å². The van der Waals surface area contributed by atoms with Crippen molar-refractivity contribution in [3.05, 3.63) is 58.6 Å². The minimum Gasteiger partial charge on any atom is -0.473 e. The van der Waals surface area contributed by atoms with Gasteiger partial charge >= 0.3 is 5.97 Å². The van der Waals surface area contributed by atoms with Crippen molar-refractivity contribution in [3.8, 4) is 5.88 Å². The Morgan fingerprint density at radius 2 is 2.05 bits per heavy atom. The molecule has 0 atom stereocenters. The van der Waals surface area contributed by atoms with Crippen molar-refractivity contribution in [2.45, 2.75) is 26.4 Å². The van der Waals surface area contributed by atoms with Gasteiger partial charge in [0.25, 0.3) is 5.56 Å². The van der Waals surface area contributed by atoms with Gasteiger partial charge in [0.2, 0.25) is 5.88 Å². The van der Waals surface area contributed by atoms with Crippen LogP contribution in [0.3, 0.4) is 0 Å². The van der Waals surface area contributed by atoms with Crippen molar-refractivity contribution in [3.63, 3.8) is 0 Å². The van der Waals surface area contributed by atoms with Crippen LogP contribution in [0.25, 0.3) is 0 Å². The van der Waals surface area contributed by atoms with Gasteiger partial charge < -0.3 is 9.57 Å². The van der Waals surface area contributed by atoms with E-state index < -0.39 is 11.5 Å². The summed E-state index contributed by atoms with van der Waals surface area (Å²) in [6, 6.07) is 10.7. The molecule has 21 heavy (non-hydrogen) atoms. The summed E-state index contributed by atoms with van der Waals surface area (Å²) in [4.78, 5) is 31.9. The van der Waals surface area contributed by atoms with Gasteiger partial charge in [0.05, 0.1) is 6.07 Å². The van der Waals surface area contributed by atoms with Crippen LogP contribution in [0.2, 0.25) is 0 Å². The van der Waals surface area contributed by atoms with Crippen molar-refractivity contribution in [1.29, 1.82) is 0 Å². The number of carbonyl (C=O) groups is 1. The molecule has 0 saturated carbocycles. The fraction of sp³-hybridized carbons (Fsp3) is 0.267.